The Bertz CT molecular complexity index is 1250. The fourth-order valence-corrected chi connectivity index (χ4v) is 4.64. The number of carbonyl (C=O) groups is 3. The first-order chi connectivity index (χ1) is 18.5. The number of fused-ring (bicyclic) bond motifs is 1. The van der Waals surface area contributed by atoms with E-state index in [1.54, 1.807) is 19.1 Å². The first-order valence-electron chi connectivity index (χ1n) is 12.4. The summed E-state index contributed by atoms with van der Waals surface area (Å²) in [4.78, 5) is 37.4. The molecule has 4 rings (SSSR count). The van der Waals surface area contributed by atoms with Crippen LogP contribution < -0.4 is 19.5 Å². The lowest BCUT2D eigenvalue weighted by Crippen LogP contribution is -2.38. The Kier molecular flexibility index (Phi) is 8.41. The highest BCUT2D eigenvalue weighted by Crippen LogP contribution is 2.34. The van der Waals surface area contributed by atoms with Crippen molar-refractivity contribution in [2.45, 2.75) is 57.8 Å². The van der Waals surface area contributed by atoms with E-state index in [0.29, 0.717) is 36.3 Å². The largest absolute Gasteiger partial charge is 0.490 e. The van der Waals surface area contributed by atoms with Gasteiger partial charge in [-0.3, -0.25) is 9.69 Å². The fraction of sp³-hybridized carbons (Fsp3) is 0.444. The number of methoxy groups -OCH3 is 1. The number of hydrogen-bond acceptors (Lipinski definition) is 7. The number of hydrogen-bond donors (Lipinski definition) is 2. The van der Waals surface area contributed by atoms with E-state index < -0.39 is 36.7 Å². The molecule has 2 N–H and O–H groups in total. The second-order valence-corrected chi connectivity index (χ2v) is 9.53. The molecule has 0 spiro atoms. The van der Waals surface area contributed by atoms with Crippen LogP contribution in [0.5, 0.6) is 17.2 Å². The first-order valence-corrected chi connectivity index (χ1v) is 12.4. The third kappa shape index (κ3) is 6.50. The Labute approximate surface area is 223 Å². The summed E-state index contributed by atoms with van der Waals surface area (Å²) in [6.45, 7) is 2.79. The average molecular weight is 549 g/mol. The summed E-state index contributed by atoms with van der Waals surface area (Å²) in [6, 6.07) is 7.71. The number of nitrogens with one attached hydrogen (secondary N) is 1. The van der Waals surface area contributed by atoms with Gasteiger partial charge in [0.25, 0.3) is 6.43 Å². The third-order valence-electron chi connectivity index (χ3n) is 6.60. The van der Waals surface area contributed by atoms with Gasteiger partial charge in [-0.25, -0.2) is 18.4 Å². The molecule has 0 unspecified atom stereocenters. The minimum atomic E-state index is -2.79. The van der Waals surface area contributed by atoms with Gasteiger partial charge in [-0.15, -0.1) is 0 Å². The zero-order valence-electron chi connectivity index (χ0n) is 21.7. The van der Waals surface area contributed by atoms with Crippen molar-refractivity contribution in [3.8, 4) is 17.2 Å². The predicted molar refractivity (Wildman–Crippen MR) is 135 cm³/mol. The average Bonchev–Trinajstić information content (AvgIpc) is 3.29. The van der Waals surface area contributed by atoms with Crippen LogP contribution in [0.25, 0.3) is 0 Å². The number of carboxylic acid groups (broad SMARTS) is 1. The van der Waals surface area contributed by atoms with Crippen molar-refractivity contribution in [2.24, 2.45) is 0 Å². The Morgan fingerprint density at radius 2 is 1.92 bits per heavy atom. The molecule has 2 aliphatic heterocycles. The van der Waals surface area contributed by atoms with Gasteiger partial charge in [0.15, 0.2) is 6.10 Å². The lowest BCUT2D eigenvalue weighted by molar-refractivity contribution is -0.116. The maximum Gasteiger partial charge on any atom is 0.407 e. The lowest BCUT2D eigenvalue weighted by Gasteiger charge is -2.23. The SMILES string of the molecule is COC(=O)c1c(OC[C@H]2C[C@H](Oc3ccc4c(c3)NC(=O)CC4)CN2C(=O)O)cc(C)cc1O[C@@H](C)C(F)F. The molecule has 0 aromatic heterocycles. The van der Waals surface area contributed by atoms with Gasteiger partial charge < -0.3 is 29.4 Å². The molecule has 10 nitrogen and oxygen atoms in total. The molecule has 2 amide bonds. The molecule has 2 heterocycles. The van der Waals surface area contributed by atoms with E-state index in [1.807, 2.05) is 6.07 Å². The van der Waals surface area contributed by atoms with E-state index in [4.69, 9.17) is 18.9 Å². The van der Waals surface area contributed by atoms with Crippen LogP contribution in [0.4, 0.5) is 19.3 Å². The summed E-state index contributed by atoms with van der Waals surface area (Å²) in [6.07, 6.45) is -4.59. The highest BCUT2D eigenvalue weighted by atomic mass is 19.3. The van der Waals surface area contributed by atoms with Gasteiger partial charge in [0.05, 0.1) is 19.7 Å². The number of alkyl halides is 2. The van der Waals surface area contributed by atoms with Gasteiger partial charge >= 0.3 is 12.1 Å². The van der Waals surface area contributed by atoms with Gasteiger partial charge in [-0.2, -0.15) is 0 Å². The smallest absolute Gasteiger partial charge is 0.407 e. The van der Waals surface area contributed by atoms with Crippen molar-refractivity contribution in [1.29, 1.82) is 0 Å². The summed E-state index contributed by atoms with van der Waals surface area (Å²) in [5, 5.41) is 12.6. The van der Waals surface area contributed by atoms with Gasteiger partial charge in [0, 0.05) is 24.6 Å². The number of ether oxygens (including phenoxy) is 4. The molecule has 39 heavy (non-hydrogen) atoms. The molecule has 2 aromatic carbocycles. The van der Waals surface area contributed by atoms with E-state index in [-0.39, 0.29) is 36.1 Å². The Balaban J connectivity index is 1.50. The highest BCUT2D eigenvalue weighted by Gasteiger charge is 2.38. The molecule has 1 fully saturated rings. The van der Waals surface area contributed by atoms with E-state index in [2.05, 4.69) is 5.32 Å². The first kappa shape index (κ1) is 27.9. The Hall–Kier alpha value is -4.09. The monoisotopic (exact) mass is 548 g/mol. The van der Waals surface area contributed by atoms with E-state index >= 15 is 0 Å². The number of likely N-dealkylation sites (tertiary alicyclic amines) is 1. The van der Waals surface area contributed by atoms with Crippen LogP contribution in [0.15, 0.2) is 30.3 Å². The van der Waals surface area contributed by atoms with Crippen molar-refractivity contribution in [2.75, 3.05) is 25.6 Å². The van der Waals surface area contributed by atoms with Gasteiger partial charge in [0.2, 0.25) is 5.91 Å². The molecule has 0 saturated carbocycles. The predicted octanol–water partition coefficient (Wildman–Crippen LogP) is 4.28. The molecule has 0 radical (unpaired) electrons. The van der Waals surface area contributed by atoms with Gasteiger partial charge in [0.1, 0.15) is 35.5 Å². The number of benzene rings is 2. The topological polar surface area (TPSA) is 124 Å². The van der Waals surface area contributed by atoms with E-state index in [0.717, 1.165) is 12.7 Å². The van der Waals surface area contributed by atoms with Crippen LogP contribution >= 0.6 is 0 Å². The van der Waals surface area contributed by atoms with Crippen molar-refractivity contribution in [3.05, 3.63) is 47.0 Å². The minimum absolute atomic E-state index is 0.0263. The molecule has 3 atom stereocenters. The number of nitrogens with zero attached hydrogens (tertiary/aromatic N) is 1. The van der Waals surface area contributed by atoms with Crippen LogP contribution in [0, 0.1) is 6.92 Å². The number of anilines is 1. The number of carbonyl (C=O) groups excluding carboxylic acids is 2. The summed E-state index contributed by atoms with van der Waals surface area (Å²) in [5.74, 6) is -0.516. The van der Waals surface area contributed by atoms with Gasteiger partial charge in [-0.05, 0) is 49.6 Å². The van der Waals surface area contributed by atoms with Crippen LogP contribution in [0.2, 0.25) is 0 Å². The molecule has 0 aliphatic carbocycles. The minimum Gasteiger partial charge on any atom is -0.490 e. The molecule has 0 bridgehead atoms. The maximum atomic E-state index is 13.1. The summed E-state index contributed by atoms with van der Waals surface area (Å²) in [5.41, 5.74) is 2.08. The van der Waals surface area contributed by atoms with Crippen molar-refractivity contribution in [3.63, 3.8) is 0 Å². The number of halogens is 2. The molecule has 2 aliphatic rings. The molecular formula is C27H30F2N2O8. The van der Waals surface area contributed by atoms with Crippen molar-refractivity contribution >= 4 is 23.7 Å². The summed E-state index contributed by atoms with van der Waals surface area (Å²) in [7, 11) is 1.14. The van der Waals surface area contributed by atoms with Crippen LogP contribution in [0.3, 0.4) is 0 Å². The van der Waals surface area contributed by atoms with Crippen LogP contribution in [-0.2, 0) is 16.0 Å². The molecular weight excluding hydrogens is 518 g/mol. The Morgan fingerprint density at radius 3 is 2.62 bits per heavy atom. The lowest BCUT2D eigenvalue weighted by atomic mass is 10.0. The third-order valence-corrected chi connectivity index (χ3v) is 6.60. The van der Waals surface area contributed by atoms with Crippen molar-refractivity contribution < 1.29 is 47.2 Å². The van der Waals surface area contributed by atoms with E-state index in [9.17, 15) is 28.3 Å². The standard InChI is InChI=1S/C27H30F2N2O8/c1-14-8-21(24(26(33)36-3)22(9-14)38-15(2)25(28)29)37-13-17-10-19(12-31(17)27(34)35)39-18-6-4-16-5-7-23(32)30-20(16)11-18/h4,6,8-9,11,15,17,19,25H,5,7,10,12-13H2,1-3H3,(H,30,32)(H,34,35)/t15-,17+,19-/m0/s1. The number of rotatable bonds is 9. The maximum absolute atomic E-state index is 13.1. The normalized spacial score (nSPS) is 19.2. The van der Waals surface area contributed by atoms with Gasteiger partial charge in [-0.1, -0.05) is 6.07 Å². The van der Waals surface area contributed by atoms with E-state index in [1.165, 1.54) is 24.0 Å². The number of esters is 1. The number of aryl methyl sites for hydroxylation is 2. The second kappa shape index (κ2) is 11.7. The number of amides is 2. The van der Waals surface area contributed by atoms with Crippen molar-refractivity contribution in [1.82, 2.24) is 4.90 Å². The molecule has 210 valence electrons. The highest BCUT2D eigenvalue weighted by molar-refractivity contribution is 5.96. The fourth-order valence-electron chi connectivity index (χ4n) is 4.64. The zero-order valence-corrected chi connectivity index (χ0v) is 21.7. The van der Waals surface area contributed by atoms with Crippen LogP contribution in [0.1, 0.15) is 41.3 Å². The molecule has 1 saturated heterocycles. The zero-order chi connectivity index (χ0) is 28.3. The second-order valence-electron chi connectivity index (χ2n) is 9.53. The quantitative estimate of drug-likeness (QED) is 0.445. The molecule has 2 aromatic rings. The molecule has 12 heteroatoms. The van der Waals surface area contributed by atoms with Crippen LogP contribution in [-0.4, -0.2) is 72.9 Å². The Morgan fingerprint density at radius 1 is 1.18 bits per heavy atom. The summed E-state index contributed by atoms with van der Waals surface area (Å²) >= 11 is 0. The summed E-state index contributed by atoms with van der Waals surface area (Å²) < 4.78 is 48.4.